The Bertz CT molecular complexity index is 406. The van der Waals surface area contributed by atoms with E-state index < -0.39 is 0 Å². The number of anilines is 1. The molecule has 78 valence electrons. The predicted molar refractivity (Wildman–Crippen MR) is 61.9 cm³/mol. The van der Waals surface area contributed by atoms with E-state index in [9.17, 15) is 0 Å². The van der Waals surface area contributed by atoms with E-state index >= 15 is 0 Å². The SMILES string of the molecule is CCc1ccccc1NCc1ccco1. The van der Waals surface area contributed by atoms with Crippen LogP contribution in [0.4, 0.5) is 5.69 Å². The van der Waals surface area contributed by atoms with Gasteiger partial charge in [0.1, 0.15) is 5.76 Å². The van der Waals surface area contributed by atoms with E-state index in [2.05, 4.69) is 30.4 Å². The lowest BCUT2D eigenvalue weighted by molar-refractivity contribution is 0.518. The quantitative estimate of drug-likeness (QED) is 0.819. The van der Waals surface area contributed by atoms with Crippen molar-refractivity contribution >= 4 is 5.69 Å². The van der Waals surface area contributed by atoms with Gasteiger partial charge in [-0.25, -0.2) is 0 Å². The number of rotatable bonds is 4. The van der Waals surface area contributed by atoms with E-state index in [1.54, 1.807) is 6.26 Å². The number of aryl methyl sites for hydroxylation is 1. The number of para-hydroxylation sites is 1. The van der Waals surface area contributed by atoms with Crippen molar-refractivity contribution in [3.63, 3.8) is 0 Å². The predicted octanol–water partition coefficient (Wildman–Crippen LogP) is 3.45. The van der Waals surface area contributed by atoms with Crippen LogP contribution in [0.2, 0.25) is 0 Å². The smallest absolute Gasteiger partial charge is 0.122 e. The Morgan fingerprint density at radius 1 is 1.13 bits per heavy atom. The topological polar surface area (TPSA) is 25.2 Å². The molecule has 0 aliphatic heterocycles. The van der Waals surface area contributed by atoms with Gasteiger partial charge in [-0.1, -0.05) is 25.1 Å². The summed E-state index contributed by atoms with van der Waals surface area (Å²) in [4.78, 5) is 0. The van der Waals surface area contributed by atoms with E-state index in [-0.39, 0.29) is 0 Å². The maximum Gasteiger partial charge on any atom is 0.122 e. The molecule has 2 aromatic rings. The van der Waals surface area contributed by atoms with Crippen LogP contribution in [-0.4, -0.2) is 0 Å². The Morgan fingerprint density at radius 2 is 2.00 bits per heavy atom. The molecule has 0 unspecified atom stereocenters. The zero-order chi connectivity index (χ0) is 10.5. The Morgan fingerprint density at radius 3 is 2.73 bits per heavy atom. The normalized spacial score (nSPS) is 10.2. The van der Waals surface area contributed by atoms with E-state index in [0.717, 1.165) is 18.7 Å². The summed E-state index contributed by atoms with van der Waals surface area (Å²) in [6.45, 7) is 2.90. The molecule has 1 N–H and O–H groups in total. The molecule has 0 saturated heterocycles. The molecule has 0 aliphatic carbocycles. The highest BCUT2D eigenvalue weighted by molar-refractivity contribution is 5.51. The van der Waals surface area contributed by atoms with E-state index in [4.69, 9.17) is 4.42 Å². The van der Waals surface area contributed by atoms with Crippen LogP contribution in [-0.2, 0) is 13.0 Å². The molecule has 15 heavy (non-hydrogen) atoms. The van der Waals surface area contributed by atoms with Gasteiger partial charge >= 0.3 is 0 Å². The molecule has 0 aliphatic rings. The van der Waals surface area contributed by atoms with Crippen molar-refractivity contribution in [3.05, 3.63) is 54.0 Å². The largest absolute Gasteiger partial charge is 0.467 e. The zero-order valence-corrected chi connectivity index (χ0v) is 8.86. The second kappa shape index (κ2) is 4.69. The fraction of sp³-hybridized carbons (Fsp3) is 0.231. The number of furan rings is 1. The molecule has 0 amide bonds. The molecular formula is C13H15NO. The van der Waals surface area contributed by atoms with Crippen molar-refractivity contribution in [2.45, 2.75) is 19.9 Å². The van der Waals surface area contributed by atoms with E-state index in [1.165, 1.54) is 11.3 Å². The molecule has 0 bridgehead atoms. The monoisotopic (exact) mass is 201 g/mol. The van der Waals surface area contributed by atoms with Gasteiger partial charge in [0.25, 0.3) is 0 Å². The van der Waals surface area contributed by atoms with Gasteiger partial charge in [0.2, 0.25) is 0 Å². The second-order valence-electron chi connectivity index (χ2n) is 3.44. The van der Waals surface area contributed by atoms with Crippen molar-refractivity contribution < 1.29 is 4.42 Å². The Labute approximate surface area is 89.9 Å². The highest BCUT2D eigenvalue weighted by atomic mass is 16.3. The molecule has 1 aromatic carbocycles. The third-order valence-electron chi connectivity index (χ3n) is 2.43. The summed E-state index contributed by atoms with van der Waals surface area (Å²) in [7, 11) is 0. The van der Waals surface area contributed by atoms with Crippen LogP contribution in [0.1, 0.15) is 18.2 Å². The molecule has 1 aromatic heterocycles. The third-order valence-corrected chi connectivity index (χ3v) is 2.43. The molecule has 0 radical (unpaired) electrons. The minimum absolute atomic E-state index is 0.740. The molecule has 2 rings (SSSR count). The van der Waals surface area contributed by atoms with Crippen molar-refractivity contribution in [1.82, 2.24) is 0 Å². The minimum atomic E-state index is 0.740. The molecule has 2 heteroatoms. The standard InChI is InChI=1S/C13H15NO/c1-2-11-6-3-4-8-13(11)14-10-12-7-5-9-15-12/h3-9,14H,2,10H2,1H3. The summed E-state index contributed by atoms with van der Waals surface area (Å²) in [6.07, 6.45) is 2.74. The Hall–Kier alpha value is -1.70. The first-order valence-corrected chi connectivity index (χ1v) is 5.24. The van der Waals surface area contributed by atoms with Gasteiger partial charge in [0.15, 0.2) is 0 Å². The highest BCUT2D eigenvalue weighted by Gasteiger charge is 1.99. The van der Waals surface area contributed by atoms with Gasteiger partial charge < -0.3 is 9.73 Å². The summed E-state index contributed by atoms with van der Waals surface area (Å²) < 4.78 is 5.27. The van der Waals surface area contributed by atoms with Gasteiger partial charge in [-0.15, -0.1) is 0 Å². The third kappa shape index (κ3) is 2.40. The van der Waals surface area contributed by atoms with Gasteiger partial charge in [0.05, 0.1) is 12.8 Å². The van der Waals surface area contributed by atoms with Crippen molar-refractivity contribution in [2.24, 2.45) is 0 Å². The van der Waals surface area contributed by atoms with Gasteiger partial charge in [-0.2, -0.15) is 0 Å². The van der Waals surface area contributed by atoms with Crippen molar-refractivity contribution in [2.75, 3.05) is 5.32 Å². The first-order valence-electron chi connectivity index (χ1n) is 5.24. The van der Waals surface area contributed by atoms with Crippen LogP contribution in [0.5, 0.6) is 0 Å². The summed E-state index contributed by atoms with van der Waals surface area (Å²) >= 11 is 0. The molecule has 0 fully saturated rings. The summed E-state index contributed by atoms with van der Waals surface area (Å²) in [5.74, 6) is 0.959. The second-order valence-corrected chi connectivity index (χ2v) is 3.44. The van der Waals surface area contributed by atoms with E-state index in [0.29, 0.717) is 0 Å². The fourth-order valence-corrected chi connectivity index (χ4v) is 1.60. The first-order chi connectivity index (χ1) is 7.40. The summed E-state index contributed by atoms with van der Waals surface area (Å²) in [5, 5.41) is 3.37. The molecule has 1 heterocycles. The molecule has 0 atom stereocenters. The van der Waals surface area contributed by atoms with Crippen LogP contribution >= 0.6 is 0 Å². The number of hydrogen-bond donors (Lipinski definition) is 1. The number of hydrogen-bond acceptors (Lipinski definition) is 2. The number of benzene rings is 1. The van der Waals surface area contributed by atoms with Crippen molar-refractivity contribution in [1.29, 1.82) is 0 Å². The summed E-state index contributed by atoms with van der Waals surface area (Å²) in [5.41, 5.74) is 2.53. The summed E-state index contributed by atoms with van der Waals surface area (Å²) in [6, 6.07) is 12.2. The zero-order valence-electron chi connectivity index (χ0n) is 8.86. The van der Waals surface area contributed by atoms with Gasteiger partial charge in [0, 0.05) is 5.69 Å². The average Bonchev–Trinajstić information content (AvgIpc) is 2.79. The molecule has 0 saturated carbocycles. The maximum absolute atomic E-state index is 5.27. The van der Waals surface area contributed by atoms with Crippen LogP contribution in [0.15, 0.2) is 47.1 Å². The van der Waals surface area contributed by atoms with Gasteiger partial charge in [-0.3, -0.25) is 0 Å². The van der Waals surface area contributed by atoms with Crippen molar-refractivity contribution in [3.8, 4) is 0 Å². The number of nitrogens with one attached hydrogen (secondary N) is 1. The van der Waals surface area contributed by atoms with Gasteiger partial charge in [-0.05, 0) is 30.2 Å². The van der Waals surface area contributed by atoms with Crippen LogP contribution in [0, 0.1) is 0 Å². The highest BCUT2D eigenvalue weighted by Crippen LogP contribution is 2.16. The van der Waals surface area contributed by atoms with Crippen LogP contribution in [0.25, 0.3) is 0 Å². The Kier molecular flexibility index (Phi) is 3.08. The lowest BCUT2D eigenvalue weighted by Crippen LogP contribution is -2.00. The molecular weight excluding hydrogens is 186 g/mol. The molecule has 0 spiro atoms. The molecule has 2 nitrogen and oxygen atoms in total. The fourth-order valence-electron chi connectivity index (χ4n) is 1.60. The maximum atomic E-state index is 5.27. The first kappa shape index (κ1) is 9.84. The van der Waals surface area contributed by atoms with Crippen LogP contribution < -0.4 is 5.32 Å². The Balaban J connectivity index is 2.04. The average molecular weight is 201 g/mol. The lowest BCUT2D eigenvalue weighted by atomic mass is 10.1. The van der Waals surface area contributed by atoms with Crippen LogP contribution in [0.3, 0.4) is 0 Å². The lowest BCUT2D eigenvalue weighted by Gasteiger charge is -2.09. The van der Waals surface area contributed by atoms with E-state index in [1.807, 2.05) is 18.2 Å². The minimum Gasteiger partial charge on any atom is -0.467 e.